The Kier molecular flexibility index (Phi) is 6.60. The molecule has 0 N–H and O–H groups in total. The molecule has 7 heteroatoms. The SMILES string of the molecule is O=C(OCc1cccc2ccccc12)c1ccc(Cl)c(S(=O)(=O)N2CCCCCC2)c1. The second kappa shape index (κ2) is 9.39. The molecule has 1 saturated heterocycles. The Balaban J connectivity index is 1.55. The van der Waals surface area contributed by atoms with Crippen LogP contribution in [0.2, 0.25) is 5.02 Å². The second-order valence-electron chi connectivity index (χ2n) is 7.68. The van der Waals surface area contributed by atoms with Gasteiger partial charge in [-0.25, -0.2) is 13.2 Å². The Hall–Kier alpha value is -2.41. The molecule has 3 aromatic rings. The van der Waals surface area contributed by atoms with Gasteiger partial charge in [-0.2, -0.15) is 4.31 Å². The van der Waals surface area contributed by atoms with E-state index < -0.39 is 16.0 Å². The number of halogens is 1. The maximum Gasteiger partial charge on any atom is 0.338 e. The largest absolute Gasteiger partial charge is 0.457 e. The fourth-order valence-corrected chi connectivity index (χ4v) is 5.91. The van der Waals surface area contributed by atoms with Gasteiger partial charge in [0.1, 0.15) is 11.5 Å². The van der Waals surface area contributed by atoms with E-state index in [9.17, 15) is 13.2 Å². The van der Waals surface area contributed by atoms with Gasteiger partial charge < -0.3 is 4.74 Å². The van der Waals surface area contributed by atoms with Crippen molar-refractivity contribution in [3.8, 4) is 0 Å². The number of sulfonamides is 1. The Morgan fingerprint density at radius 2 is 1.65 bits per heavy atom. The van der Waals surface area contributed by atoms with Crippen molar-refractivity contribution in [2.24, 2.45) is 0 Å². The average molecular weight is 458 g/mol. The van der Waals surface area contributed by atoms with Crippen LogP contribution in [0.4, 0.5) is 0 Å². The first kappa shape index (κ1) is 21.8. The molecule has 0 saturated carbocycles. The average Bonchev–Trinajstić information content (AvgIpc) is 3.08. The first-order chi connectivity index (χ1) is 15.0. The topological polar surface area (TPSA) is 63.7 Å². The molecule has 5 nitrogen and oxygen atoms in total. The van der Waals surface area contributed by atoms with Gasteiger partial charge in [0.25, 0.3) is 0 Å². The number of fused-ring (bicyclic) bond motifs is 1. The lowest BCUT2D eigenvalue weighted by atomic mass is 10.1. The molecule has 1 aliphatic heterocycles. The molecule has 0 spiro atoms. The number of rotatable bonds is 5. The Morgan fingerprint density at radius 1 is 0.935 bits per heavy atom. The molecule has 1 aliphatic rings. The quantitative estimate of drug-likeness (QED) is 0.480. The van der Waals surface area contributed by atoms with Crippen molar-refractivity contribution in [2.75, 3.05) is 13.1 Å². The van der Waals surface area contributed by atoms with E-state index in [2.05, 4.69) is 0 Å². The van der Waals surface area contributed by atoms with Crippen LogP contribution in [0.15, 0.2) is 65.6 Å². The molecule has 0 atom stereocenters. The molecule has 0 aliphatic carbocycles. The van der Waals surface area contributed by atoms with Gasteiger partial charge in [-0.1, -0.05) is 66.9 Å². The van der Waals surface area contributed by atoms with Crippen LogP contribution in [0.25, 0.3) is 10.8 Å². The maximum atomic E-state index is 13.2. The summed E-state index contributed by atoms with van der Waals surface area (Å²) in [5, 5.41) is 2.18. The zero-order chi connectivity index (χ0) is 21.8. The van der Waals surface area contributed by atoms with Crippen LogP contribution >= 0.6 is 11.6 Å². The standard InChI is InChI=1S/C24H24ClNO4S/c25-22-13-12-19(16-23(22)31(28,29)26-14-5-1-2-6-15-26)24(27)30-17-20-10-7-9-18-8-3-4-11-21(18)20/h3-4,7-13,16H,1-2,5-6,14-15,17H2. The lowest BCUT2D eigenvalue weighted by molar-refractivity contribution is 0.0474. The summed E-state index contributed by atoms with van der Waals surface area (Å²) in [6.45, 7) is 1.03. The van der Waals surface area contributed by atoms with Gasteiger partial charge in [-0.3, -0.25) is 0 Å². The van der Waals surface area contributed by atoms with E-state index in [0.29, 0.717) is 13.1 Å². The number of hydrogen-bond acceptors (Lipinski definition) is 4. The Labute approximate surface area is 187 Å². The van der Waals surface area contributed by atoms with Crippen LogP contribution in [-0.2, 0) is 21.4 Å². The molecular formula is C24H24ClNO4S. The van der Waals surface area contributed by atoms with Gasteiger partial charge in [-0.05, 0) is 47.4 Å². The first-order valence-electron chi connectivity index (χ1n) is 10.4. The summed E-state index contributed by atoms with van der Waals surface area (Å²) in [6, 6.07) is 18.0. The van der Waals surface area contributed by atoms with Crippen LogP contribution in [0.1, 0.15) is 41.6 Å². The monoisotopic (exact) mass is 457 g/mol. The van der Waals surface area contributed by atoms with Gasteiger partial charge in [0.15, 0.2) is 0 Å². The Bertz CT molecular complexity index is 1200. The third kappa shape index (κ3) is 4.76. The lowest BCUT2D eigenvalue weighted by Gasteiger charge is -2.21. The normalized spacial score (nSPS) is 15.5. The van der Waals surface area contributed by atoms with Crippen LogP contribution < -0.4 is 0 Å². The fourth-order valence-electron chi connectivity index (χ4n) is 3.89. The minimum absolute atomic E-state index is 0.0457. The number of hydrogen-bond donors (Lipinski definition) is 0. The number of esters is 1. The van der Waals surface area contributed by atoms with Crippen molar-refractivity contribution in [3.05, 3.63) is 76.8 Å². The van der Waals surface area contributed by atoms with Gasteiger partial charge in [0.05, 0.1) is 10.6 Å². The number of benzene rings is 3. The van der Waals surface area contributed by atoms with E-state index in [-0.39, 0.29) is 22.1 Å². The number of nitrogens with zero attached hydrogens (tertiary/aromatic N) is 1. The van der Waals surface area contributed by atoms with Gasteiger partial charge >= 0.3 is 5.97 Å². The fraction of sp³-hybridized carbons (Fsp3) is 0.292. The molecule has 0 amide bonds. The van der Waals surface area contributed by atoms with E-state index in [0.717, 1.165) is 42.0 Å². The van der Waals surface area contributed by atoms with E-state index in [4.69, 9.17) is 16.3 Å². The molecule has 1 heterocycles. The third-order valence-electron chi connectivity index (χ3n) is 5.59. The summed E-state index contributed by atoms with van der Waals surface area (Å²) < 4.78 is 33.3. The van der Waals surface area contributed by atoms with Crippen LogP contribution in [0.3, 0.4) is 0 Å². The highest BCUT2D eigenvalue weighted by Gasteiger charge is 2.28. The van der Waals surface area contributed by atoms with Crippen molar-refractivity contribution in [1.29, 1.82) is 0 Å². The summed E-state index contributed by atoms with van der Waals surface area (Å²) in [4.78, 5) is 12.7. The number of carbonyl (C=O) groups is 1. The maximum absolute atomic E-state index is 13.2. The first-order valence-corrected chi connectivity index (χ1v) is 12.2. The summed E-state index contributed by atoms with van der Waals surface area (Å²) in [6.07, 6.45) is 3.67. The summed E-state index contributed by atoms with van der Waals surface area (Å²) in [5.41, 5.74) is 1.05. The van der Waals surface area contributed by atoms with Gasteiger partial charge in [0.2, 0.25) is 10.0 Å². The Morgan fingerprint density at radius 3 is 2.42 bits per heavy atom. The molecule has 0 radical (unpaired) electrons. The predicted octanol–water partition coefficient (Wildman–Crippen LogP) is 5.41. The molecule has 0 bridgehead atoms. The highest BCUT2D eigenvalue weighted by atomic mass is 35.5. The molecule has 0 unspecified atom stereocenters. The molecule has 4 rings (SSSR count). The van der Waals surface area contributed by atoms with E-state index in [1.807, 2.05) is 42.5 Å². The molecule has 31 heavy (non-hydrogen) atoms. The van der Waals surface area contributed by atoms with Crippen molar-refractivity contribution in [3.63, 3.8) is 0 Å². The van der Waals surface area contributed by atoms with Crippen molar-refractivity contribution >= 4 is 38.4 Å². The molecule has 3 aromatic carbocycles. The minimum atomic E-state index is -3.77. The van der Waals surface area contributed by atoms with E-state index >= 15 is 0 Å². The second-order valence-corrected chi connectivity index (χ2v) is 9.99. The lowest BCUT2D eigenvalue weighted by Crippen LogP contribution is -2.32. The van der Waals surface area contributed by atoms with E-state index in [1.165, 1.54) is 22.5 Å². The van der Waals surface area contributed by atoms with Crippen LogP contribution in [-0.4, -0.2) is 31.8 Å². The molecule has 1 fully saturated rings. The summed E-state index contributed by atoms with van der Waals surface area (Å²) in [5.74, 6) is -0.586. The van der Waals surface area contributed by atoms with E-state index in [1.54, 1.807) is 0 Å². The third-order valence-corrected chi connectivity index (χ3v) is 7.97. The minimum Gasteiger partial charge on any atom is -0.457 e. The summed E-state index contributed by atoms with van der Waals surface area (Å²) in [7, 11) is -3.77. The highest BCUT2D eigenvalue weighted by Crippen LogP contribution is 2.28. The van der Waals surface area contributed by atoms with Crippen molar-refractivity contribution in [1.82, 2.24) is 4.31 Å². The van der Waals surface area contributed by atoms with Gasteiger partial charge in [0, 0.05) is 13.1 Å². The van der Waals surface area contributed by atoms with Gasteiger partial charge in [-0.15, -0.1) is 0 Å². The predicted molar refractivity (Wildman–Crippen MR) is 122 cm³/mol. The van der Waals surface area contributed by atoms with Crippen molar-refractivity contribution in [2.45, 2.75) is 37.2 Å². The molecule has 0 aromatic heterocycles. The molecule has 162 valence electrons. The molecular weight excluding hydrogens is 434 g/mol. The zero-order valence-electron chi connectivity index (χ0n) is 17.1. The zero-order valence-corrected chi connectivity index (χ0v) is 18.7. The summed E-state index contributed by atoms with van der Waals surface area (Å²) >= 11 is 6.23. The van der Waals surface area contributed by atoms with Crippen molar-refractivity contribution < 1.29 is 17.9 Å². The highest BCUT2D eigenvalue weighted by molar-refractivity contribution is 7.89. The smallest absolute Gasteiger partial charge is 0.338 e. The number of ether oxygens (including phenoxy) is 1. The van der Waals surface area contributed by atoms with Crippen LogP contribution in [0.5, 0.6) is 0 Å². The van der Waals surface area contributed by atoms with Crippen LogP contribution in [0, 0.1) is 0 Å². The number of carbonyl (C=O) groups excluding carboxylic acids is 1.